The van der Waals surface area contributed by atoms with Gasteiger partial charge in [0.2, 0.25) is 5.88 Å². The van der Waals surface area contributed by atoms with Crippen molar-refractivity contribution in [3.8, 4) is 5.88 Å². The average molecular weight is 293 g/mol. The predicted molar refractivity (Wildman–Crippen MR) is 75.4 cm³/mol. The molecule has 5 nitrogen and oxygen atoms in total. The van der Waals surface area contributed by atoms with E-state index >= 15 is 0 Å². The Morgan fingerprint density at radius 3 is 2.56 bits per heavy atom. The summed E-state index contributed by atoms with van der Waals surface area (Å²) in [6.45, 7) is 7.51. The van der Waals surface area contributed by atoms with Crippen LogP contribution in [0.15, 0.2) is 6.07 Å². The minimum atomic E-state index is 0.334. The Morgan fingerprint density at radius 2 is 2.00 bits per heavy atom. The first-order chi connectivity index (χ1) is 8.62. The second-order valence-corrected chi connectivity index (χ2v) is 4.44. The Kier molecular flexibility index (Phi) is 6.49. The van der Waals surface area contributed by atoms with E-state index in [9.17, 15) is 0 Å². The number of anilines is 1. The number of hydrogen-bond acceptors (Lipinski definition) is 5. The van der Waals surface area contributed by atoms with Gasteiger partial charge in [0.1, 0.15) is 11.6 Å². The monoisotopic (exact) mass is 292 g/mol. The zero-order valence-electron chi connectivity index (χ0n) is 10.5. The fraction of sp³-hybridized carbons (Fsp3) is 0.545. The summed E-state index contributed by atoms with van der Waals surface area (Å²) in [5.74, 6) is 5.97. The van der Waals surface area contributed by atoms with Crippen LogP contribution in [0.3, 0.4) is 0 Å². The van der Waals surface area contributed by atoms with E-state index in [1.54, 1.807) is 6.07 Å². The molecule has 1 heterocycles. The first-order valence-corrected chi connectivity index (χ1v) is 6.55. The van der Waals surface area contributed by atoms with Crippen LogP contribution in [0.2, 0.25) is 10.0 Å². The lowest BCUT2D eigenvalue weighted by atomic mass is 10.4. The molecule has 1 aromatic rings. The van der Waals surface area contributed by atoms with Crippen molar-refractivity contribution >= 4 is 29.0 Å². The Hall–Kier alpha value is -0.750. The third kappa shape index (κ3) is 4.17. The standard InChI is InChI=1S/C11H18Cl2N4O/c1-3-17(4-2)5-6-18-11-9(13)7-8(12)10(15-11)16-14/h7H,3-6,14H2,1-2H3,(H,15,16). The van der Waals surface area contributed by atoms with E-state index in [2.05, 4.69) is 29.2 Å². The van der Waals surface area contributed by atoms with Crippen LogP contribution in [0.4, 0.5) is 5.82 Å². The van der Waals surface area contributed by atoms with Gasteiger partial charge in [-0.25, -0.2) is 5.84 Å². The molecule has 0 aliphatic carbocycles. The Morgan fingerprint density at radius 1 is 1.33 bits per heavy atom. The summed E-state index contributed by atoms with van der Waals surface area (Å²) < 4.78 is 5.53. The van der Waals surface area contributed by atoms with Crippen molar-refractivity contribution < 1.29 is 4.74 Å². The lowest BCUT2D eigenvalue weighted by Crippen LogP contribution is -2.28. The fourth-order valence-electron chi connectivity index (χ4n) is 1.46. The van der Waals surface area contributed by atoms with Crippen molar-refractivity contribution in [1.29, 1.82) is 0 Å². The highest BCUT2D eigenvalue weighted by molar-refractivity contribution is 6.36. The summed E-state index contributed by atoms with van der Waals surface area (Å²) in [6, 6.07) is 1.55. The van der Waals surface area contributed by atoms with Crippen LogP contribution < -0.4 is 16.0 Å². The molecule has 0 atom stereocenters. The van der Waals surface area contributed by atoms with E-state index < -0.39 is 0 Å². The van der Waals surface area contributed by atoms with Crippen LogP contribution in [-0.4, -0.2) is 36.1 Å². The third-order valence-corrected chi connectivity index (χ3v) is 3.13. The first kappa shape index (κ1) is 15.3. The topological polar surface area (TPSA) is 63.4 Å². The van der Waals surface area contributed by atoms with Gasteiger partial charge in [-0.15, -0.1) is 0 Å². The van der Waals surface area contributed by atoms with Gasteiger partial charge in [0.15, 0.2) is 5.82 Å². The van der Waals surface area contributed by atoms with E-state index in [0.29, 0.717) is 28.3 Å². The van der Waals surface area contributed by atoms with Gasteiger partial charge in [0, 0.05) is 6.54 Å². The zero-order valence-corrected chi connectivity index (χ0v) is 12.1. The van der Waals surface area contributed by atoms with Crippen molar-refractivity contribution in [1.82, 2.24) is 9.88 Å². The maximum atomic E-state index is 5.99. The molecule has 1 rings (SSSR count). The first-order valence-electron chi connectivity index (χ1n) is 5.80. The summed E-state index contributed by atoms with van der Waals surface area (Å²) in [4.78, 5) is 6.34. The number of hydrogen-bond donors (Lipinski definition) is 2. The smallest absolute Gasteiger partial charge is 0.234 e. The molecule has 7 heteroatoms. The maximum Gasteiger partial charge on any atom is 0.234 e. The molecule has 0 bridgehead atoms. The molecule has 0 unspecified atom stereocenters. The van der Waals surface area contributed by atoms with Gasteiger partial charge in [0.25, 0.3) is 0 Å². The largest absolute Gasteiger partial charge is 0.475 e. The number of pyridine rings is 1. The molecule has 3 N–H and O–H groups in total. The van der Waals surface area contributed by atoms with Crippen molar-refractivity contribution in [3.63, 3.8) is 0 Å². The number of nitrogens with zero attached hydrogens (tertiary/aromatic N) is 2. The number of nitrogen functional groups attached to an aromatic ring is 1. The second kappa shape index (κ2) is 7.63. The summed E-state index contributed by atoms with van der Waals surface area (Å²) in [6.07, 6.45) is 0. The van der Waals surface area contributed by atoms with Crippen LogP contribution in [0, 0.1) is 0 Å². The van der Waals surface area contributed by atoms with Gasteiger partial charge < -0.3 is 15.1 Å². The van der Waals surface area contributed by atoms with Crippen molar-refractivity contribution in [2.24, 2.45) is 5.84 Å². The van der Waals surface area contributed by atoms with Gasteiger partial charge in [-0.3, -0.25) is 0 Å². The van der Waals surface area contributed by atoms with Gasteiger partial charge in [-0.2, -0.15) is 4.98 Å². The highest BCUT2D eigenvalue weighted by Gasteiger charge is 2.10. The number of aromatic nitrogens is 1. The molecule has 102 valence electrons. The average Bonchev–Trinajstić information content (AvgIpc) is 2.37. The minimum Gasteiger partial charge on any atom is -0.475 e. The van der Waals surface area contributed by atoms with Gasteiger partial charge in [-0.1, -0.05) is 37.0 Å². The molecule has 0 aliphatic rings. The van der Waals surface area contributed by atoms with Crippen LogP contribution in [0.25, 0.3) is 0 Å². The summed E-state index contributed by atoms with van der Waals surface area (Å²) in [5.41, 5.74) is 2.39. The number of ether oxygens (including phenoxy) is 1. The minimum absolute atomic E-state index is 0.334. The summed E-state index contributed by atoms with van der Waals surface area (Å²) >= 11 is 11.9. The quantitative estimate of drug-likeness (QED) is 0.597. The number of nitrogens with two attached hydrogens (primary N) is 1. The molecule has 1 aromatic heterocycles. The molecule has 0 aromatic carbocycles. The van der Waals surface area contributed by atoms with Gasteiger partial charge in [-0.05, 0) is 19.2 Å². The van der Waals surface area contributed by atoms with Crippen LogP contribution >= 0.6 is 23.2 Å². The number of halogens is 2. The van der Waals surface area contributed by atoms with Crippen molar-refractivity contribution in [3.05, 3.63) is 16.1 Å². The zero-order chi connectivity index (χ0) is 13.5. The van der Waals surface area contributed by atoms with Crippen molar-refractivity contribution in [2.75, 3.05) is 31.7 Å². The number of nitrogens with one attached hydrogen (secondary N) is 1. The molecule has 0 aliphatic heterocycles. The summed E-state index contributed by atoms with van der Waals surface area (Å²) in [7, 11) is 0. The number of likely N-dealkylation sites (N-methyl/N-ethyl adjacent to an activating group) is 1. The lowest BCUT2D eigenvalue weighted by Gasteiger charge is -2.18. The number of rotatable bonds is 7. The van der Waals surface area contributed by atoms with E-state index in [0.717, 1.165) is 19.6 Å². The third-order valence-electron chi connectivity index (χ3n) is 2.57. The maximum absolute atomic E-state index is 5.99. The van der Waals surface area contributed by atoms with Crippen LogP contribution in [0.5, 0.6) is 5.88 Å². The SMILES string of the molecule is CCN(CC)CCOc1nc(NN)c(Cl)cc1Cl. The Balaban J connectivity index is 2.61. The second-order valence-electron chi connectivity index (χ2n) is 3.63. The summed E-state index contributed by atoms with van der Waals surface area (Å²) in [5, 5.41) is 0.733. The van der Waals surface area contributed by atoms with Gasteiger partial charge in [0.05, 0.1) is 5.02 Å². The Bertz CT molecular complexity index is 386. The Labute approximate surface area is 117 Å². The van der Waals surface area contributed by atoms with E-state index in [4.69, 9.17) is 33.8 Å². The molecule has 0 amide bonds. The molecule has 18 heavy (non-hydrogen) atoms. The predicted octanol–water partition coefficient (Wildman–Crippen LogP) is 2.39. The van der Waals surface area contributed by atoms with E-state index in [1.807, 2.05) is 0 Å². The van der Waals surface area contributed by atoms with Crippen LogP contribution in [0.1, 0.15) is 13.8 Å². The molecule has 0 saturated carbocycles. The fourth-order valence-corrected chi connectivity index (χ4v) is 1.93. The lowest BCUT2D eigenvalue weighted by molar-refractivity contribution is 0.218. The highest BCUT2D eigenvalue weighted by Crippen LogP contribution is 2.30. The molecule has 0 saturated heterocycles. The molecule has 0 spiro atoms. The normalized spacial score (nSPS) is 10.8. The van der Waals surface area contributed by atoms with Crippen molar-refractivity contribution in [2.45, 2.75) is 13.8 Å². The van der Waals surface area contributed by atoms with E-state index in [-0.39, 0.29) is 0 Å². The molecule has 0 fully saturated rings. The number of hydrazine groups is 1. The van der Waals surface area contributed by atoms with Gasteiger partial charge >= 0.3 is 0 Å². The molecular formula is C11H18Cl2N4O. The molecular weight excluding hydrogens is 275 g/mol. The van der Waals surface area contributed by atoms with Crippen LogP contribution in [-0.2, 0) is 0 Å². The molecule has 0 radical (unpaired) electrons. The van der Waals surface area contributed by atoms with E-state index in [1.165, 1.54) is 0 Å². The highest BCUT2D eigenvalue weighted by atomic mass is 35.5.